The first-order chi connectivity index (χ1) is 8.63. The molecule has 0 unspecified atom stereocenters. The van der Waals surface area contributed by atoms with Gasteiger partial charge in [-0.1, -0.05) is 5.57 Å². The van der Waals surface area contributed by atoms with Gasteiger partial charge < -0.3 is 26.0 Å². The summed E-state index contributed by atoms with van der Waals surface area (Å²) in [6.07, 6.45) is 2.46. The third kappa shape index (κ3) is 2.48. The van der Waals surface area contributed by atoms with Crippen LogP contribution in [0.15, 0.2) is 22.7 Å². The molecule has 0 spiro atoms. The molecule has 4 nitrogen and oxygen atoms in total. The highest BCUT2D eigenvalue weighted by Gasteiger charge is 2.16. The van der Waals surface area contributed by atoms with Gasteiger partial charge in [0.2, 0.25) is 0 Å². The largest absolute Gasteiger partial charge is 0.426 e. The first kappa shape index (κ1) is 12.9. The molecule has 2 rings (SSSR count). The number of nitrogens with one attached hydrogen (secondary N) is 1. The Morgan fingerprint density at radius 2 is 2.39 bits per heavy atom. The maximum Gasteiger partial charge on any atom is 0.308 e. The number of nitrogens with zero attached hydrogens (tertiary/aromatic N) is 1. The van der Waals surface area contributed by atoms with Gasteiger partial charge in [0.15, 0.2) is 0 Å². The van der Waals surface area contributed by atoms with Gasteiger partial charge in [0.1, 0.15) is 5.75 Å². The van der Waals surface area contributed by atoms with Gasteiger partial charge in [0.25, 0.3) is 0 Å². The number of carbonyl (C=O) groups excluding carboxylic acids is 1. The van der Waals surface area contributed by atoms with Crippen LogP contribution in [-0.4, -0.2) is 24.5 Å². The van der Waals surface area contributed by atoms with E-state index >= 15 is 0 Å². The van der Waals surface area contributed by atoms with Crippen LogP contribution >= 0.6 is 0 Å². The smallest absolute Gasteiger partial charge is 0.308 e. The lowest BCUT2D eigenvalue weighted by Gasteiger charge is -2.14. The summed E-state index contributed by atoms with van der Waals surface area (Å²) in [6, 6.07) is 1.70. The fourth-order valence-electron chi connectivity index (χ4n) is 1.85. The molecule has 0 aliphatic carbocycles. The van der Waals surface area contributed by atoms with Crippen molar-refractivity contribution in [2.45, 2.75) is 18.4 Å². The average Bonchev–Trinajstić information content (AvgIpc) is 2.64. The van der Waals surface area contributed by atoms with E-state index in [4.69, 9.17) is 10.4 Å². The maximum absolute atomic E-state index is 11.1. The van der Waals surface area contributed by atoms with Crippen molar-refractivity contribution in [1.29, 1.82) is 0 Å². The molecule has 0 atom stereocenters. The van der Waals surface area contributed by atoms with Crippen molar-refractivity contribution >= 4 is 21.8 Å². The first-order valence-electron chi connectivity index (χ1n) is 5.64. The Kier molecular flexibility index (Phi) is 3.87. The van der Waals surface area contributed by atoms with Crippen LogP contribution in [0.5, 0.6) is 5.75 Å². The number of hydrogen-bond acceptors (Lipinski definition) is 5. The minimum Gasteiger partial charge on any atom is -0.426 e. The Morgan fingerprint density at radius 1 is 1.61 bits per heavy atom. The molecule has 0 saturated carbocycles. The van der Waals surface area contributed by atoms with Gasteiger partial charge in [-0.2, -0.15) is 5.41 Å². The van der Waals surface area contributed by atoms with E-state index in [0.29, 0.717) is 5.75 Å². The molecule has 0 fully saturated rings. The summed E-state index contributed by atoms with van der Waals surface area (Å²) in [6.45, 7) is 2.23. The van der Waals surface area contributed by atoms with E-state index in [-0.39, 0.29) is 5.97 Å². The third-order valence-electron chi connectivity index (χ3n) is 2.59. The maximum atomic E-state index is 11.1. The van der Waals surface area contributed by atoms with Crippen molar-refractivity contribution in [2.75, 3.05) is 13.6 Å². The number of fused-ring (bicyclic) bond motifs is 1. The number of aromatic nitrogens is 1. The zero-order valence-electron chi connectivity index (χ0n) is 10.4. The second-order valence-corrected chi connectivity index (χ2v) is 5.32. The summed E-state index contributed by atoms with van der Waals surface area (Å²) in [5, 5.41) is 5.90. The molecule has 0 bridgehead atoms. The topological polar surface area (TPSA) is 51.2 Å². The first-order valence-corrected chi connectivity index (χ1v) is 6.99. The number of esters is 1. The number of pyridine rings is 1. The quantitative estimate of drug-likeness (QED) is 0.661. The molecule has 0 amide bonds. The Morgan fingerprint density at radius 3 is 3.06 bits per heavy atom. The summed E-state index contributed by atoms with van der Waals surface area (Å²) in [7, 11) is 1.40. The number of hydrogen-bond donors (Lipinski definition) is 1. The zero-order valence-corrected chi connectivity index (χ0v) is 11.2. The lowest BCUT2D eigenvalue weighted by molar-refractivity contribution is -0.131. The van der Waals surface area contributed by atoms with E-state index in [9.17, 15) is 4.79 Å². The molecule has 18 heavy (non-hydrogen) atoms. The van der Waals surface area contributed by atoms with Gasteiger partial charge in [-0.25, -0.2) is 0 Å². The predicted molar refractivity (Wildman–Crippen MR) is 72.6 cm³/mol. The molecule has 0 saturated heterocycles. The van der Waals surface area contributed by atoms with Gasteiger partial charge >= 0.3 is 5.97 Å². The van der Waals surface area contributed by atoms with Crippen LogP contribution in [-0.2, 0) is 15.1 Å². The van der Waals surface area contributed by atoms with Crippen LogP contribution in [0, 0.1) is 5.69 Å². The zero-order chi connectivity index (χ0) is 13.1. The van der Waals surface area contributed by atoms with Crippen molar-refractivity contribution in [1.82, 2.24) is 10.3 Å². The van der Waals surface area contributed by atoms with E-state index < -0.39 is 10.3 Å². The minimum absolute atomic E-state index is 0.333. The van der Waals surface area contributed by atoms with E-state index in [1.807, 2.05) is 12.5 Å². The van der Waals surface area contributed by atoms with Gasteiger partial charge in [0.05, 0.1) is 0 Å². The summed E-state index contributed by atoms with van der Waals surface area (Å²) in [4.78, 5) is 15.4. The number of carbonyl (C=O) groups is 1. The van der Waals surface area contributed by atoms with Gasteiger partial charge in [-0.15, -0.1) is 0 Å². The lowest BCUT2D eigenvalue weighted by atomic mass is 10.1. The van der Waals surface area contributed by atoms with Gasteiger partial charge in [-0.05, 0) is 31.1 Å². The molecule has 1 N–H and O–H groups in total. The fourth-order valence-corrected chi connectivity index (χ4v) is 3.16. The van der Waals surface area contributed by atoms with Crippen LogP contribution in [0.25, 0.3) is 5.57 Å². The monoisotopic (exact) mass is 263 g/mol. The second kappa shape index (κ2) is 5.40. The summed E-state index contributed by atoms with van der Waals surface area (Å²) in [5.41, 5.74) is 8.01. The Bertz CT molecular complexity index is 584. The average molecular weight is 263 g/mol. The molecule has 1 aromatic heterocycles. The normalized spacial score (nSPS) is 14.2. The van der Waals surface area contributed by atoms with E-state index in [1.54, 1.807) is 12.3 Å². The Labute approximate surface area is 109 Å². The van der Waals surface area contributed by atoms with Crippen molar-refractivity contribution in [3.05, 3.63) is 23.2 Å². The molecule has 1 aliphatic rings. The number of ether oxygens (including phenoxy) is 1. The standard InChI is InChI=1S/C13H15N2O2S/c1-9(16)17-11-5-7-15-13-12(11)10(4-6-14-2)8-18(13)3/h3,5,7-8,14H,4,6H2,1-2H3/q-1. The summed E-state index contributed by atoms with van der Waals surface area (Å²) < 4.78 is 5.22. The predicted octanol–water partition coefficient (Wildman–Crippen LogP) is 1.54. The van der Waals surface area contributed by atoms with Gasteiger partial charge in [0, 0.05) is 18.7 Å². The molecule has 96 valence electrons. The molecule has 5 heteroatoms. The van der Waals surface area contributed by atoms with Crippen molar-refractivity contribution in [3.63, 3.8) is 0 Å². The molecule has 1 aliphatic heterocycles. The summed E-state index contributed by atoms with van der Waals surface area (Å²) >= 11 is 0. The van der Waals surface area contributed by atoms with Gasteiger partial charge in [-0.3, -0.25) is 9.78 Å². The highest BCUT2D eigenvalue weighted by molar-refractivity contribution is 7.89. The highest BCUT2D eigenvalue weighted by atomic mass is 32.2. The molecule has 0 aromatic carbocycles. The van der Waals surface area contributed by atoms with E-state index in [2.05, 4.69) is 10.3 Å². The van der Waals surface area contributed by atoms with Crippen LogP contribution in [0.4, 0.5) is 0 Å². The summed E-state index contributed by atoms with van der Waals surface area (Å²) in [5.74, 6) is 0.218. The van der Waals surface area contributed by atoms with E-state index in [0.717, 1.165) is 29.1 Å². The highest BCUT2D eigenvalue weighted by Crippen LogP contribution is 2.37. The minimum atomic E-state index is -0.499. The number of rotatable bonds is 4. The molecular formula is C13H15N2O2S-. The third-order valence-corrected chi connectivity index (χ3v) is 3.88. The van der Waals surface area contributed by atoms with Crippen LogP contribution < -0.4 is 10.1 Å². The molecule has 1 aromatic rings. The van der Waals surface area contributed by atoms with Crippen LogP contribution in [0.2, 0.25) is 0 Å². The molecule has 0 radical (unpaired) electrons. The van der Waals surface area contributed by atoms with Crippen LogP contribution in [0.1, 0.15) is 18.9 Å². The van der Waals surface area contributed by atoms with E-state index in [1.165, 1.54) is 6.92 Å². The molecular weight excluding hydrogens is 248 g/mol. The Hall–Kier alpha value is -1.55. The van der Waals surface area contributed by atoms with Crippen molar-refractivity contribution in [3.8, 4) is 11.4 Å². The Balaban J connectivity index is 2.41. The van der Waals surface area contributed by atoms with Crippen molar-refractivity contribution in [2.24, 2.45) is 0 Å². The van der Waals surface area contributed by atoms with Crippen molar-refractivity contribution < 1.29 is 9.53 Å². The SMILES string of the molecule is C#[S-]1C=C(CCNC)c2c(OC(C)=O)ccnc21. The second-order valence-electron chi connectivity index (χ2n) is 3.95. The lowest BCUT2D eigenvalue weighted by Crippen LogP contribution is -2.09. The molecule has 2 heterocycles. The fraction of sp³-hybridized carbons (Fsp3) is 0.308. The van der Waals surface area contributed by atoms with Crippen LogP contribution in [0.3, 0.4) is 0 Å².